The van der Waals surface area contributed by atoms with Crippen LogP contribution in [0.25, 0.3) is 27.8 Å². The second kappa shape index (κ2) is 15.5. The summed E-state index contributed by atoms with van der Waals surface area (Å²) < 4.78 is 0. The topological polar surface area (TPSA) is 3.24 Å². The van der Waals surface area contributed by atoms with E-state index >= 15 is 0 Å². The Bertz CT molecular complexity index is 2770. The van der Waals surface area contributed by atoms with Crippen molar-refractivity contribution < 1.29 is 0 Å². The minimum atomic E-state index is -0.471. The number of benzene rings is 8. The lowest BCUT2D eigenvalue weighted by molar-refractivity contribution is 0.443. The molecule has 1 fully saturated rings. The second-order valence-electron chi connectivity index (χ2n) is 16.9. The highest BCUT2D eigenvalue weighted by molar-refractivity contribution is 5.93. The number of rotatable bonds is 8. The molecule has 3 aliphatic carbocycles. The average Bonchev–Trinajstić information content (AvgIpc) is 3.63. The van der Waals surface area contributed by atoms with E-state index in [4.69, 9.17) is 0 Å². The molecule has 0 bridgehead atoms. The maximum absolute atomic E-state index is 2.49. The van der Waals surface area contributed by atoms with Crippen LogP contribution in [0.5, 0.6) is 0 Å². The maximum Gasteiger partial charge on any atom is 0.0714 e. The van der Waals surface area contributed by atoms with Crippen molar-refractivity contribution in [3.05, 3.63) is 251 Å². The van der Waals surface area contributed by atoms with E-state index in [1.54, 1.807) is 0 Å². The van der Waals surface area contributed by atoms with Crippen molar-refractivity contribution in [2.45, 2.75) is 56.3 Å². The van der Waals surface area contributed by atoms with Gasteiger partial charge in [0.25, 0.3) is 0 Å². The fourth-order valence-corrected chi connectivity index (χ4v) is 10.9. The maximum atomic E-state index is 2.49. The van der Waals surface area contributed by atoms with E-state index in [1.165, 1.54) is 110 Å². The van der Waals surface area contributed by atoms with Crippen LogP contribution in [-0.4, -0.2) is 0 Å². The lowest BCUT2D eigenvalue weighted by Crippen LogP contribution is -2.28. The van der Waals surface area contributed by atoms with Gasteiger partial charge in [0.05, 0.1) is 5.41 Å². The van der Waals surface area contributed by atoms with Gasteiger partial charge in [0.15, 0.2) is 0 Å². The number of allylic oxidation sites excluding steroid dienone is 1. The van der Waals surface area contributed by atoms with E-state index in [0.717, 1.165) is 24.2 Å². The quantitative estimate of drug-likeness (QED) is 0.149. The van der Waals surface area contributed by atoms with Gasteiger partial charge < -0.3 is 4.90 Å². The number of aryl methyl sites for hydroxylation is 1. The van der Waals surface area contributed by atoms with Crippen LogP contribution in [0.2, 0.25) is 0 Å². The number of hydrogen-bond donors (Lipinski definition) is 0. The molecule has 290 valence electrons. The number of nitrogens with zero attached hydrogens (tertiary/aromatic N) is 1. The molecule has 0 unspecified atom stereocenters. The van der Waals surface area contributed by atoms with Gasteiger partial charge in [-0.25, -0.2) is 0 Å². The first-order valence-electron chi connectivity index (χ1n) is 22.0. The molecule has 8 aromatic carbocycles. The summed E-state index contributed by atoms with van der Waals surface area (Å²) in [7, 11) is 0. The molecule has 3 aliphatic rings. The normalized spacial score (nSPS) is 15.4. The van der Waals surface area contributed by atoms with Crippen molar-refractivity contribution in [3.8, 4) is 22.3 Å². The van der Waals surface area contributed by atoms with Crippen LogP contribution in [0.1, 0.15) is 89.0 Å². The zero-order valence-electron chi connectivity index (χ0n) is 34.1. The van der Waals surface area contributed by atoms with Crippen LogP contribution in [0, 0.1) is 0 Å². The highest BCUT2D eigenvalue weighted by Gasteiger charge is 2.46. The molecule has 8 aromatic rings. The molecule has 60 heavy (non-hydrogen) atoms. The van der Waals surface area contributed by atoms with Crippen molar-refractivity contribution in [2.24, 2.45) is 0 Å². The molecule has 0 aromatic heterocycles. The second-order valence-corrected chi connectivity index (χ2v) is 16.9. The van der Waals surface area contributed by atoms with Crippen molar-refractivity contribution in [3.63, 3.8) is 0 Å². The van der Waals surface area contributed by atoms with E-state index in [-0.39, 0.29) is 0 Å². The Kier molecular flexibility index (Phi) is 9.39. The van der Waals surface area contributed by atoms with Crippen LogP contribution < -0.4 is 4.90 Å². The Morgan fingerprint density at radius 3 is 1.72 bits per heavy atom. The van der Waals surface area contributed by atoms with Gasteiger partial charge in [0.2, 0.25) is 0 Å². The molecule has 0 heterocycles. The Hall–Kier alpha value is -6.70. The van der Waals surface area contributed by atoms with Gasteiger partial charge in [-0.15, -0.1) is 0 Å². The van der Waals surface area contributed by atoms with Crippen LogP contribution in [0.4, 0.5) is 17.1 Å². The number of anilines is 3. The lowest BCUT2D eigenvalue weighted by Gasteiger charge is -2.35. The van der Waals surface area contributed by atoms with Gasteiger partial charge >= 0.3 is 0 Å². The summed E-state index contributed by atoms with van der Waals surface area (Å²) in [4.78, 5) is 2.48. The molecule has 0 aliphatic heterocycles. The zero-order chi connectivity index (χ0) is 39.9. The summed E-state index contributed by atoms with van der Waals surface area (Å²) in [6, 6.07) is 75.2. The molecule has 1 saturated carbocycles. The minimum Gasteiger partial charge on any atom is -0.310 e. The van der Waals surface area contributed by atoms with Gasteiger partial charge in [-0.05, 0) is 140 Å². The Balaban J connectivity index is 1.07. The fourth-order valence-electron chi connectivity index (χ4n) is 10.9. The van der Waals surface area contributed by atoms with Crippen LogP contribution >= 0.6 is 0 Å². The standard InChI is InChI=1S/C59H49N/c1-5-17-42(18-6-1)43-31-35-49(36-32-43)60(50-37-33-45(34-38-50)53-29-16-22-46-21-15-28-52(58(46)53)44-19-7-2-8-20-44)51-39-40-55-54-27-13-14-30-56(54)59(57(55)41-51,47-23-9-3-10-24-47)48-25-11-4-12-26-48/h2-4,7-14,16,19-20,22-42H,1,5-6,15,17-18,21H2. The van der Waals surface area contributed by atoms with E-state index in [0.29, 0.717) is 5.92 Å². The SMILES string of the molecule is C1=C(c2ccccc2)c2c(cccc2-c2ccc(N(c3ccc(C4CCCCC4)cc3)c3ccc4c(c3)C(c3ccccc3)(c3ccccc3)c3ccccc3-4)cc2)CC1. The minimum absolute atomic E-state index is 0.471. The Morgan fingerprint density at radius 2 is 1.02 bits per heavy atom. The molecule has 1 nitrogen and oxygen atoms in total. The number of hydrogen-bond acceptors (Lipinski definition) is 1. The van der Waals surface area contributed by atoms with Crippen molar-refractivity contribution >= 4 is 22.6 Å². The van der Waals surface area contributed by atoms with Crippen LogP contribution in [-0.2, 0) is 11.8 Å². The Labute approximate surface area is 355 Å². The molecule has 0 spiro atoms. The zero-order valence-corrected chi connectivity index (χ0v) is 34.1. The highest BCUT2D eigenvalue weighted by Crippen LogP contribution is 2.57. The van der Waals surface area contributed by atoms with E-state index < -0.39 is 5.41 Å². The van der Waals surface area contributed by atoms with E-state index in [1.807, 2.05) is 0 Å². The third-order valence-corrected chi connectivity index (χ3v) is 13.6. The molecule has 0 radical (unpaired) electrons. The van der Waals surface area contributed by atoms with Gasteiger partial charge in [0, 0.05) is 17.1 Å². The molecule has 0 amide bonds. The molecular formula is C59H49N. The van der Waals surface area contributed by atoms with Crippen LogP contribution in [0.15, 0.2) is 206 Å². The predicted molar refractivity (Wildman–Crippen MR) is 252 cm³/mol. The molecular weight excluding hydrogens is 723 g/mol. The largest absolute Gasteiger partial charge is 0.310 e. The highest BCUT2D eigenvalue weighted by atomic mass is 15.1. The van der Waals surface area contributed by atoms with Crippen molar-refractivity contribution in [2.75, 3.05) is 4.90 Å². The predicted octanol–water partition coefficient (Wildman–Crippen LogP) is 15.6. The summed E-state index contributed by atoms with van der Waals surface area (Å²) >= 11 is 0. The van der Waals surface area contributed by atoms with E-state index in [9.17, 15) is 0 Å². The average molecular weight is 772 g/mol. The molecule has 0 N–H and O–H groups in total. The summed E-state index contributed by atoms with van der Waals surface area (Å²) in [6.45, 7) is 0. The molecule has 0 atom stereocenters. The smallest absolute Gasteiger partial charge is 0.0714 e. The molecule has 0 saturated heterocycles. The van der Waals surface area contributed by atoms with Gasteiger partial charge in [0.1, 0.15) is 0 Å². The summed E-state index contributed by atoms with van der Waals surface area (Å²) in [5.41, 5.74) is 20.2. The van der Waals surface area contributed by atoms with Gasteiger partial charge in [-0.3, -0.25) is 0 Å². The lowest BCUT2D eigenvalue weighted by atomic mass is 9.67. The number of fused-ring (bicyclic) bond motifs is 4. The van der Waals surface area contributed by atoms with Crippen LogP contribution in [0.3, 0.4) is 0 Å². The summed E-state index contributed by atoms with van der Waals surface area (Å²) in [5.74, 6) is 0.656. The first-order valence-corrected chi connectivity index (χ1v) is 22.0. The third-order valence-electron chi connectivity index (χ3n) is 13.6. The third kappa shape index (κ3) is 6.15. The fraction of sp³-hybridized carbons (Fsp3) is 0.153. The summed E-state index contributed by atoms with van der Waals surface area (Å²) in [5, 5.41) is 0. The Morgan fingerprint density at radius 1 is 0.433 bits per heavy atom. The van der Waals surface area contributed by atoms with Crippen molar-refractivity contribution in [1.29, 1.82) is 0 Å². The summed E-state index contributed by atoms with van der Waals surface area (Å²) in [6.07, 6.45) is 11.2. The monoisotopic (exact) mass is 771 g/mol. The first kappa shape index (κ1) is 36.4. The molecule has 1 heteroatoms. The van der Waals surface area contributed by atoms with Gasteiger partial charge in [-0.2, -0.15) is 0 Å². The van der Waals surface area contributed by atoms with Crippen molar-refractivity contribution in [1.82, 2.24) is 0 Å². The van der Waals surface area contributed by atoms with Gasteiger partial charge in [-0.1, -0.05) is 189 Å². The first-order chi connectivity index (χ1) is 29.8. The van der Waals surface area contributed by atoms with E-state index in [2.05, 4.69) is 211 Å². The molecule has 11 rings (SSSR count).